The van der Waals surface area contributed by atoms with Gasteiger partial charge in [-0.15, -0.1) is 6.42 Å². The molecule has 0 aromatic carbocycles. The summed E-state index contributed by atoms with van der Waals surface area (Å²) in [5.41, 5.74) is 5.60. The molecule has 1 rings (SSSR count). The number of hydrogen-bond donors (Lipinski definition) is 2. The molecular formula is C9H15N3O. The molecule has 1 heterocycles. The van der Waals surface area contributed by atoms with Crippen molar-refractivity contribution >= 4 is 5.91 Å². The lowest BCUT2D eigenvalue weighted by molar-refractivity contribution is -0.127. The third-order valence-electron chi connectivity index (χ3n) is 2.23. The van der Waals surface area contributed by atoms with E-state index in [0.717, 1.165) is 13.1 Å². The van der Waals surface area contributed by atoms with Crippen molar-refractivity contribution in [2.45, 2.75) is 19.0 Å². The van der Waals surface area contributed by atoms with Gasteiger partial charge in [-0.2, -0.15) is 0 Å². The highest BCUT2D eigenvalue weighted by molar-refractivity contribution is 5.81. The molecule has 4 heteroatoms. The minimum absolute atomic E-state index is 0.0233. The Balaban J connectivity index is 2.27. The summed E-state index contributed by atoms with van der Waals surface area (Å²) in [5.74, 6) is 2.34. The van der Waals surface area contributed by atoms with Crippen LogP contribution in [-0.4, -0.2) is 42.5 Å². The van der Waals surface area contributed by atoms with Crippen LogP contribution >= 0.6 is 0 Å². The molecule has 1 unspecified atom stereocenters. The number of nitrogens with two attached hydrogens (primary N) is 1. The maximum atomic E-state index is 11.4. The zero-order valence-corrected chi connectivity index (χ0v) is 7.79. The fourth-order valence-electron chi connectivity index (χ4n) is 1.32. The number of amides is 1. The summed E-state index contributed by atoms with van der Waals surface area (Å²) in [6.07, 6.45) is 5.02. The average molecular weight is 181 g/mol. The Morgan fingerprint density at radius 2 is 2.46 bits per heavy atom. The number of rotatable bonds is 3. The first-order valence-corrected chi connectivity index (χ1v) is 4.36. The summed E-state index contributed by atoms with van der Waals surface area (Å²) in [5, 5.41) is 2.64. The van der Waals surface area contributed by atoms with Crippen LogP contribution in [0, 0.1) is 12.3 Å². The lowest BCUT2D eigenvalue weighted by Gasteiger charge is -2.40. The van der Waals surface area contributed by atoms with Gasteiger partial charge >= 0.3 is 0 Å². The maximum Gasteiger partial charge on any atom is 0.237 e. The van der Waals surface area contributed by atoms with Crippen LogP contribution in [0.5, 0.6) is 0 Å². The monoisotopic (exact) mass is 181 g/mol. The van der Waals surface area contributed by atoms with Crippen molar-refractivity contribution in [1.82, 2.24) is 10.2 Å². The summed E-state index contributed by atoms with van der Waals surface area (Å²) in [7, 11) is 0. The standard InChI is InChI=1S/C9H15N3O/c1-3-4-11-9(13)7(2)12-5-8(10)6-12/h1,7-8H,4-6,10H2,2H3,(H,11,13). The normalized spacial score (nSPS) is 20.1. The second-order valence-electron chi connectivity index (χ2n) is 3.31. The number of nitrogens with one attached hydrogen (secondary N) is 1. The molecule has 0 aliphatic carbocycles. The van der Waals surface area contributed by atoms with Gasteiger partial charge in [-0.25, -0.2) is 0 Å². The molecule has 1 aliphatic heterocycles. The van der Waals surface area contributed by atoms with Gasteiger partial charge in [0.25, 0.3) is 0 Å². The van der Waals surface area contributed by atoms with Crippen molar-refractivity contribution in [3.63, 3.8) is 0 Å². The van der Waals surface area contributed by atoms with Gasteiger partial charge in [0.2, 0.25) is 5.91 Å². The van der Waals surface area contributed by atoms with Crippen LogP contribution < -0.4 is 11.1 Å². The van der Waals surface area contributed by atoms with Crippen LogP contribution in [0.4, 0.5) is 0 Å². The zero-order chi connectivity index (χ0) is 9.84. The fourth-order valence-corrected chi connectivity index (χ4v) is 1.32. The highest BCUT2D eigenvalue weighted by atomic mass is 16.2. The van der Waals surface area contributed by atoms with Crippen molar-refractivity contribution in [1.29, 1.82) is 0 Å². The lowest BCUT2D eigenvalue weighted by atomic mass is 10.1. The Kier molecular flexibility index (Phi) is 3.29. The Bertz CT molecular complexity index is 228. The summed E-state index contributed by atoms with van der Waals surface area (Å²) < 4.78 is 0. The number of likely N-dealkylation sites (tertiary alicyclic amines) is 1. The first-order chi connectivity index (χ1) is 6.15. The Labute approximate surface area is 78.5 Å². The molecule has 0 saturated carbocycles. The molecule has 1 amide bonds. The quantitative estimate of drug-likeness (QED) is 0.536. The Morgan fingerprint density at radius 3 is 2.92 bits per heavy atom. The molecule has 0 aromatic heterocycles. The summed E-state index contributed by atoms with van der Waals surface area (Å²) in [4.78, 5) is 13.4. The SMILES string of the molecule is C#CCNC(=O)C(C)N1CC(N)C1. The second-order valence-corrected chi connectivity index (χ2v) is 3.31. The van der Waals surface area contributed by atoms with E-state index in [0.29, 0.717) is 6.54 Å². The smallest absolute Gasteiger partial charge is 0.237 e. The molecule has 0 radical (unpaired) electrons. The third-order valence-corrected chi connectivity index (χ3v) is 2.23. The number of carbonyl (C=O) groups is 1. The van der Waals surface area contributed by atoms with Crippen molar-refractivity contribution in [3.05, 3.63) is 0 Å². The molecule has 1 atom stereocenters. The van der Waals surface area contributed by atoms with E-state index in [-0.39, 0.29) is 18.0 Å². The van der Waals surface area contributed by atoms with Gasteiger partial charge in [0.15, 0.2) is 0 Å². The topological polar surface area (TPSA) is 58.4 Å². The highest BCUT2D eigenvalue weighted by Crippen LogP contribution is 2.09. The van der Waals surface area contributed by atoms with E-state index >= 15 is 0 Å². The molecule has 3 N–H and O–H groups in total. The van der Waals surface area contributed by atoms with E-state index in [4.69, 9.17) is 12.2 Å². The predicted octanol–water partition coefficient (Wildman–Crippen LogP) is -1.23. The predicted molar refractivity (Wildman–Crippen MR) is 50.9 cm³/mol. The Hall–Kier alpha value is -1.05. The van der Waals surface area contributed by atoms with Crippen molar-refractivity contribution in [2.24, 2.45) is 5.73 Å². The van der Waals surface area contributed by atoms with E-state index in [9.17, 15) is 4.79 Å². The molecule has 0 aromatic rings. The van der Waals surface area contributed by atoms with Gasteiger partial charge in [0.1, 0.15) is 0 Å². The first-order valence-electron chi connectivity index (χ1n) is 4.36. The molecular weight excluding hydrogens is 166 g/mol. The zero-order valence-electron chi connectivity index (χ0n) is 7.79. The summed E-state index contributed by atoms with van der Waals surface area (Å²) in [6, 6.07) is 0.107. The van der Waals surface area contributed by atoms with Gasteiger partial charge in [-0.05, 0) is 6.92 Å². The van der Waals surface area contributed by atoms with E-state index < -0.39 is 0 Å². The van der Waals surface area contributed by atoms with Gasteiger partial charge in [-0.3, -0.25) is 9.69 Å². The van der Waals surface area contributed by atoms with Crippen molar-refractivity contribution in [2.75, 3.05) is 19.6 Å². The van der Waals surface area contributed by atoms with Crippen LogP contribution in [0.3, 0.4) is 0 Å². The molecule has 1 aliphatic rings. The second kappa shape index (κ2) is 4.26. The highest BCUT2D eigenvalue weighted by Gasteiger charge is 2.30. The molecule has 72 valence electrons. The number of nitrogens with zero attached hydrogens (tertiary/aromatic N) is 1. The molecule has 0 spiro atoms. The number of carbonyl (C=O) groups excluding carboxylic acids is 1. The minimum Gasteiger partial charge on any atom is -0.344 e. The van der Waals surface area contributed by atoms with E-state index in [1.807, 2.05) is 11.8 Å². The molecule has 13 heavy (non-hydrogen) atoms. The van der Waals surface area contributed by atoms with E-state index in [1.165, 1.54) is 0 Å². The number of hydrogen-bond acceptors (Lipinski definition) is 3. The van der Waals surface area contributed by atoms with Gasteiger partial charge < -0.3 is 11.1 Å². The lowest BCUT2D eigenvalue weighted by Crippen LogP contribution is -2.61. The van der Waals surface area contributed by atoms with Crippen LogP contribution in [0.25, 0.3) is 0 Å². The molecule has 1 saturated heterocycles. The van der Waals surface area contributed by atoms with Crippen molar-refractivity contribution in [3.8, 4) is 12.3 Å². The van der Waals surface area contributed by atoms with Crippen LogP contribution in [0.2, 0.25) is 0 Å². The van der Waals surface area contributed by atoms with Gasteiger partial charge in [0.05, 0.1) is 12.6 Å². The summed E-state index contributed by atoms with van der Waals surface area (Å²) >= 11 is 0. The Morgan fingerprint density at radius 1 is 1.85 bits per heavy atom. The average Bonchev–Trinajstić information content (AvgIpc) is 2.07. The third kappa shape index (κ3) is 2.44. The van der Waals surface area contributed by atoms with E-state index in [2.05, 4.69) is 11.2 Å². The van der Waals surface area contributed by atoms with Crippen LogP contribution in [-0.2, 0) is 4.79 Å². The largest absolute Gasteiger partial charge is 0.344 e. The summed E-state index contributed by atoms with van der Waals surface area (Å²) in [6.45, 7) is 3.75. The van der Waals surface area contributed by atoms with Crippen molar-refractivity contribution < 1.29 is 4.79 Å². The van der Waals surface area contributed by atoms with Gasteiger partial charge in [-0.1, -0.05) is 5.92 Å². The maximum absolute atomic E-state index is 11.4. The van der Waals surface area contributed by atoms with Crippen LogP contribution in [0.1, 0.15) is 6.92 Å². The van der Waals surface area contributed by atoms with Crippen LogP contribution in [0.15, 0.2) is 0 Å². The number of terminal acetylenes is 1. The van der Waals surface area contributed by atoms with E-state index in [1.54, 1.807) is 0 Å². The molecule has 1 fully saturated rings. The molecule has 4 nitrogen and oxygen atoms in total. The fraction of sp³-hybridized carbons (Fsp3) is 0.667. The first kappa shape index (κ1) is 10.0. The minimum atomic E-state index is -0.117. The van der Waals surface area contributed by atoms with Gasteiger partial charge in [0, 0.05) is 19.1 Å². The molecule has 0 bridgehead atoms.